The second kappa shape index (κ2) is 45.5. The molecule has 3 saturated carbocycles. The summed E-state index contributed by atoms with van der Waals surface area (Å²) < 4.78 is 8.57. The van der Waals surface area contributed by atoms with Gasteiger partial charge >= 0.3 is 17.1 Å². The van der Waals surface area contributed by atoms with Crippen LogP contribution in [-0.4, -0.2) is 141 Å². The van der Waals surface area contributed by atoms with Gasteiger partial charge in [-0.1, -0.05) is 125 Å². The molecule has 6 N–H and O–H groups in total. The van der Waals surface area contributed by atoms with E-state index in [1.54, 1.807) is 42.5 Å². The highest BCUT2D eigenvalue weighted by Crippen LogP contribution is 2.54. The molecule has 34 heteroatoms. The Morgan fingerprint density at radius 1 is 0.549 bits per heavy atom. The van der Waals surface area contributed by atoms with E-state index >= 15 is 0 Å². The first kappa shape index (κ1) is 95.2. The van der Waals surface area contributed by atoms with E-state index in [0.717, 1.165) is 71.9 Å². The average Bonchev–Trinajstić information content (AvgIpc) is 0.719. The van der Waals surface area contributed by atoms with Crippen molar-refractivity contribution in [1.82, 2.24) is 35.0 Å². The van der Waals surface area contributed by atoms with Crippen LogP contribution in [0.5, 0.6) is 0 Å². The number of carbonyl (C=O) groups excluding carboxylic acids is 9. The number of rotatable bonds is 34. The summed E-state index contributed by atoms with van der Waals surface area (Å²) in [5.41, 5.74) is 10.7. The summed E-state index contributed by atoms with van der Waals surface area (Å²) in [6.07, 6.45) is 20.1. The predicted molar refractivity (Wildman–Crippen MR) is 413 cm³/mol. The smallest absolute Gasteiger partial charge is 0.336 e. The molecule has 4 aromatic rings. The normalized spacial score (nSPS) is 20.9. The highest BCUT2D eigenvalue weighted by atomic mass is 17.2. The molecule has 3 fully saturated rings. The molecule has 8 atom stereocenters. The molecular formula is C79H107N15O19. The molecule has 7 rings (SSSR count). The lowest BCUT2D eigenvalue weighted by Crippen LogP contribution is -2.62. The predicted octanol–water partition coefficient (Wildman–Crippen LogP) is 11.4. The monoisotopic (exact) mass is 1570 g/mol. The van der Waals surface area contributed by atoms with Gasteiger partial charge in [0.2, 0.25) is 54.4 Å². The number of aliphatic imine (C=N–C) groups is 7. The zero-order valence-electron chi connectivity index (χ0n) is 67.0. The number of nitriles is 1. The minimum Gasteiger partial charge on any atom is -0.405 e. The summed E-state index contributed by atoms with van der Waals surface area (Å²) in [6.45, 7) is 29.5. The molecule has 0 bridgehead atoms. The fraction of sp³-hybridized carbons (Fsp3) is 0.608. The maximum atomic E-state index is 14.9. The van der Waals surface area contributed by atoms with Gasteiger partial charge in [0.15, 0.2) is 6.73 Å². The number of carbonyl (C=O) groups is 2. The summed E-state index contributed by atoms with van der Waals surface area (Å²) in [5, 5.41) is 34.1. The van der Waals surface area contributed by atoms with Gasteiger partial charge in [-0.05, 0) is 175 Å². The van der Waals surface area contributed by atoms with Crippen molar-refractivity contribution in [2.45, 2.75) is 217 Å². The van der Waals surface area contributed by atoms with Crippen LogP contribution >= 0.6 is 0 Å². The number of imide groups is 1. The van der Waals surface area contributed by atoms with Gasteiger partial charge in [0.05, 0.1) is 43.2 Å². The largest absolute Gasteiger partial charge is 0.405 e. The van der Waals surface area contributed by atoms with Gasteiger partial charge in [0.25, 0.3) is 6.26 Å². The van der Waals surface area contributed by atoms with Crippen molar-refractivity contribution in [2.75, 3.05) is 52.5 Å². The maximum absolute atomic E-state index is 14.9. The molecule has 0 aliphatic heterocycles. The van der Waals surface area contributed by atoms with E-state index in [0.29, 0.717) is 67.0 Å². The van der Waals surface area contributed by atoms with E-state index in [1.807, 2.05) is 64.1 Å². The van der Waals surface area contributed by atoms with Crippen molar-refractivity contribution in [1.29, 1.82) is 5.26 Å². The van der Waals surface area contributed by atoms with E-state index in [-0.39, 0.29) is 92.2 Å². The Labute approximate surface area is 656 Å². The molecule has 3 aliphatic rings. The number of ether oxygens (including phenoxy) is 1. The quantitative estimate of drug-likeness (QED) is 0.00481. The van der Waals surface area contributed by atoms with Crippen LogP contribution in [0.15, 0.2) is 104 Å². The highest BCUT2D eigenvalue weighted by molar-refractivity contribution is 5.95. The van der Waals surface area contributed by atoms with E-state index < -0.39 is 63.9 Å². The lowest BCUT2D eigenvalue weighted by atomic mass is 9.62. The molecule has 612 valence electrons. The molecule has 2 amide bonds. The summed E-state index contributed by atoms with van der Waals surface area (Å²) in [4.78, 5) is 180. The van der Waals surface area contributed by atoms with E-state index in [9.17, 15) is 57.5 Å². The molecule has 34 nitrogen and oxygen atoms in total. The van der Waals surface area contributed by atoms with Crippen molar-refractivity contribution >= 4 is 71.4 Å². The number of amides is 2. The Hall–Kier alpha value is -10.2. The van der Waals surface area contributed by atoms with Crippen LogP contribution in [0.2, 0.25) is 0 Å². The fourth-order valence-electron chi connectivity index (χ4n) is 15.8. The number of hydrogen-bond donors (Lipinski definition) is 6. The van der Waals surface area contributed by atoms with Crippen molar-refractivity contribution in [3.8, 4) is 6.26 Å². The number of benzene rings is 3. The summed E-state index contributed by atoms with van der Waals surface area (Å²) in [7, 11) is 0. The Morgan fingerprint density at radius 2 is 0.973 bits per heavy atom. The third-order valence-electron chi connectivity index (χ3n) is 22.3. The molecular weight excluding hydrogens is 1460 g/mol. The van der Waals surface area contributed by atoms with Crippen molar-refractivity contribution in [3.05, 3.63) is 119 Å². The van der Waals surface area contributed by atoms with E-state index in [4.69, 9.17) is 21.0 Å². The first-order chi connectivity index (χ1) is 53.6. The third kappa shape index (κ3) is 27.6. The Bertz CT molecular complexity index is 4370. The molecule has 0 saturated heterocycles. The molecule has 3 aromatic carbocycles. The lowest BCUT2D eigenvalue weighted by Gasteiger charge is -2.49. The zero-order chi connectivity index (χ0) is 84.3. The van der Waals surface area contributed by atoms with E-state index in [1.165, 1.54) is 38.2 Å². The highest BCUT2D eigenvalue weighted by Gasteiger charge is 2.50. The number of hydroxylamine groups is 3. The van der Waals surface area contributed by atoms with Crippen LogP contribution in [0.1, 0.15) is 223 Å². The molecule has 1 aromatic heterocycles. The van der Waals surface area contributed by atoms with Gasteiger partial charge < -0.3 is 4.74 Å². The van der Waals surface area contributed by atoms with Crippen LogP contribution in [0, 0.1) is 70.7 Å². The lowest BCUT2D eigenvalue weighted by molar-refractivity contribution is -0.294. The van der Waals surface area contributed by atoms with Gasteiger partial charge in [-0.2, -0.15) is 36.7 Å². The van der Waals surface area contributed by atoms with Crippen molar-refractivity contribution < 1.29 is 78.6 Å². The Morgan fingerprint density at radius 3 is 1.40 bits per heavy atom. The SMILES string of the molecule is CCC(C(CNOO)c1ccc(C)c(N=C=O)c1)C(CNOO)c1ccc(C)c(N=C=O)c1.CCC1(C)CCC(C)(C)C(n2c(=O)n(C3CC(C)(C)CC(C)(CN=C=O)C3)c(=O)n(C3CC(C)(CN=C=O)CCC3(C)C)c2=O)C1.Cc1ccc(CCNOO)cc1N=C=O.N#COCN(C(=O)CCN=C=O)C(=O)CCN=C=O. The molecule has 8 unspecified atom stereocenters. The van der Waals surface area contributed by atoms with Gasteiger partial charge in [0, 0.05) is 62.4 Å². The Balaban J connectivity index is 0.000000348. The molecule has 0 radical (unpaired) electrons. The minimum absolute atomic E-state index is 0.0361. The number of isocyanates is 7. The number of aryl methyl sites for hydroxylation is 3. The third-order valence-corrected chi connectivity index (χ3v) is 22.3. The van der Waals surface area contributed by atoms with Crippen molar-refractivity contribution in [3.63, 3.8) is 0 Å². The van der Waals surface area contributed by atoms with Gasteiger partial charge in [-0.15, -0.1) is 15.0 Å². The number of nitrogens with one attached hydrogen (secondary N) is 3. The van der Waals surface area contributed by atoms with Gasteiger partial charge in [0.1, 0.15) is 0 Å². The molecule has 113 heavy (non-hydrogen) atoms. The minimum atomic E-state index is -0.658. The standard InChI is InChI=1S/C36H57N5O5.C23H28N4O6.C10H10N4O5.C10H12N2O3/c1-11-34(8)14-12-32(4,5)26(18-34)40-28(44)39(25-16-31(2,3)20-36(10,17-25)22-38-24-43)29(45)41(30(40)46)27-19-35(9,21-37-23-42)15-13-33(27,6)7;1-4-19(20(11-26-32-30)17-7-5-15(2)22(9-17)24-13-28)21(12-27-33-31)18-8-6-16(3)23(10-18)25-14-29;11-5-19-8-14(9(17)1-3-12-6-15)10(18)2-4-13-7-16;1-8-2-3-9(4-5-12-15-14)6-10(8)11-7-13/h25-27H,11-22H2,1-10H3;5-10,19-21,26-27,30-31H,4,11-12H2,1-3H3;1-4,8H2;2-3,6,12,14H,4-5H2,1H3. The fourth-order valence-corrected chi connectivity index (χ4v) is 15.8. The molecule has 1 heterocycles. The van der Waals surface area contributed by atoms with Crippen LogP contribution in [0.3, 0.4) is 0 Å². The number of hydrogen-bond acceptors (Lipinski definition) is 30. The first-order valence-corrected chi connectivity index (χ1v) is 37.2. The zero-order valence-corrected chi connectivity index (χ0v) is 67.0. The number of nitrogens with zero attached hydrogens (tertiary/aromatic N) is 12. The second-order valence-electron chi connectivity index (χ2n) is 32.1. The summed E-state index contributed by atoms with van der Waals surface area (Å²) in [5.74, 6) is -1.83. The summed E-state index contributed by atoms with van der Waals surface area (Å²) in [6, 6.07) is 15.4. The maximum Gasteiger partial charge on any atom is 0.336 e. The second-order valence-corrected chi connectivity index (χ2v) is 32.1. The van der Waals surface area contributed by atoms with Crippen molar-refractivity contribution in [2.24, 2.45) is 73.4 Å². The van der Waals surface area contributed by atoms with Crippen LogP contribution in [0.4, 0.5) is 17.1 Å². The molecule has 0 spiro atoms. The summed E-state index contributed by atoms with van der Waals surface area (Å²) >= 11 is 0. The molecule has 3 aliphatic carbocycles. The Kier molecular flexibility index (Phi) is 38.3. The first-order valence-electron chi connectivity index (χ1n) is 37.2. The van der Waals surface area contributed by atoms with E-state index in [2.05, 4.69) is 140 Å². The topological polar surface area (TPSA) is 467 Å². The van der Waals surface area contributed by atoms with Gasteiger partial charge in [-0.25, -0.2) is 102 Å². The van der Waals surface area contributed by atoms with Gasteiger partial charge in [-0.3, -0.25) is 9.59 Å². The number of aromatic nitrogens is 3. The average molecular weight is 1570 g/mol. The van der Waals surface area contributed by atoms with Crippen LogP contribution in [-0.2, 0) is 69.3 Å². The van der Waals surface area contributed by atoms with Crippen LogP contribution in [0.25, 0.3) is 0 Å². The van der Waals surface area contributed by atoms with Crippen LogP contribution < -0.4 is 33.5 Å².